The van der Waals surface area contributed by atoms with E-state index in [1.807, 2.05) is 6.92 Å². The van der Waals surface area contributed by atoms with Crippen molar-refractivity contribution in [1.29, 1.82) is 0 Å². The summed E-state index contributed by atoms with van der Waals surface area (Å²) in [6.45, 7) is 4.43. The van der Waals surface area contributed by atoms with Crippen molar-refractivity contribution in [1.82, 2.24) is 4.90 Å². The molecule has 0 heterocycles. The van der Waals surface area contributed by atoms with Gasteiger partial charge in [0.2, 0.25) is 0 Å². The van der Waals surface area contributed by atoms with Crippen molar-refractivity contribution < 1.29 is 15.3 Å². The first-order valence-corrected chi connectivity index (χ1v) is 6.16. The molecule has 3 unspecified atom stereocenters. The maximum atomic E-state index is 9.71. The van der Waals surface area contributed by atoms with E-state index >= 15 is 0 Å². The number of rotatable bonds is 9. The van der Waals surface area contributed by atoms with Crippen molar-refractivity contribution in [2.24, 2.45) is 0 Å². The molecule has 3 atom stereocenters. The average molecular weight is 237 g/mol. The summed E-state index contributed by atoms with van der Waals surface area (Å²) in [4.78, 5) is 2.08. The molecule has 15 heavy (non-hydrogen) atoms. The molecule has 0 aliphatic rings. The molecule has 0 aliphatic heterocycles. The molecule has 5 heteroatoms. The van der Waals surface area contributed by atoms with Crippen LogP contribution in [0.25, 0.3) is 0 Å². The Morgan fingerprint density at radius 2 is 1.60 bits per heavy atom. The molecule has 0 aromatic heterocycles. The normalized spacial score (nSPS) is 15.6. The Morgan fingerprint density at radius 1 is 1.13 bits per heavy atom. The molecule has 0 aromatic carbocycles. The minimum atomic E-state index is -0.368. The summed E-state index contributed by atoms with van der Waals surface area (Å²) in [6, 6.07) is 0. The van der Waals surface area contributed by atoms with Crippen LogP contribution in [0, 0.1) is 0 Å². The molecule has 0 aromatic rings. The molecule has 0 fully saturated rings. The quantitative estimate of drug-likeness (QED) is 0.481. The van der Waals surface area contributed by atoms with Gasteiger partial charge in [0.15, 0.2) is 0 Å². The van der Waals surface area contributed by atoms with Crippen molar-refractivity contribution in [2.75, 3.05) is 32.8 Å². The fourth-order valence-corrected chi connectivity index (χ4v) is 1.44. The van der Waals surface area contributed by atoms with Crippen LogP contribution >= 0.6 is 9.24 Å². The predicted molar refractivity (Wildman–Crippen MR) is 65.0 cm³/mol. The monoisotopic (exact) mass is 237 g/mol. The van der Waals surface area contributed by atoms with E-state index in [4.69, 9.17) is 10.2 Å². The molecule has 0 rings (SSSR count). The zero-order valence-corrected chi connectivity index (χ0v) is 10.6. The second-order valence-corrected chi connectivity index (χ2v) is 4.93. The first-order valence-electron chi connectivity index (χ1n) is 5.49. The van der Waals surface area contributed by atoms with Crippen LogP contribution in [0.5, 0.6) is 0 Å². The van der Waals surface area contributed by atoms with Gasteiger partial charge in [-0.05, 0) is 18.5 Å². The van der Waals surface area contributed by atoms with E-state index in [-0.39, 0.29) is 25.0 Å². The van der Waals surface area contributed by atoms with Crippen LogP contribution in [0.4, 0.5) is 0 Å². The highest BCUT2D eigenvalue weighted by Crippen LogP contribution is 2.07. The topological polar surface area (TPSA) is 63.9 Å². The zero-order chi connectivity index (χ0) is 11.7. The first kappa shape index (κ1) is 15.3. The van der Waals surface area contributed by atoms with Gasteiger partial charge >= 0.3 is 0 Å². The average Bonchev–Trinajstić information content (AvgIpc) is 2.21. The molecule has 0 amide bonds. The van der Waals surface area contributed by atoms with Gasteiger partial charge in [0.05, 0.1) is 6.10 Å². The van der Waals surface area contributed by atoms with Crippen LogP contribution in [0.3, 0.4) is 0 Å². The zero-order valence-electron chi connectivity index (χ0n) is 9.47. The van der Waals surface area contributed by atoms with Crippen LogP contribution in [-0.4, -0.2) is 64.8 Å². The second kappa shape index (κ2) is 9.49. The molecule has 3 N–H and O–H groups in total. The van der Waals surface area contributed by atoms with Crippen LogP contribution in [0.1, 0.15) is 19.8 Å². The molecule has 0 bridgehead atoms. The lowest BCUT2D eigenvalue weighted by Crippen LogP contribution is -2.37. The van der Waals surface area contributed by atoms with Crippen LogP contribution < -0.4 is 0 Å². The Hall–Kier alpha value is 0.270. The van der Waals surface area contributed by atoms with Gasteiger partial charge in [-0.2, -0.15) is 0 Å². The molecule has 0 saturated carbocycles. The number of aliphatic hydroxyl groups is 3. The number of hydrogen-bond acceptors (Lipinski definition) is 4. The van der Waals surface area contributed by atoms with E-state index in [1.165, 1.54) is 0 Å². The van der Waals surface area contributed by atoms with Gasteiger partial charge in [0.1, 0.15) is 0 Å². The smallest absolute Gasteiger partial charge is 0.0726 e. The van der Waals surface area contributed by atoms with Gasteiger partial charge < -0.3 is 20.2 Å². The SMILES string of the molecule is CC(P)C(O)CN(CCCO)CCCO. The second-order valence-electron chi connectivity index (χ2n) is 3.88. The highest BCUT2D eigenvalue weighted by molar-refractivity contribution is 7.17. The highest BCUT2D eigenvalue weighted by atomic mass is 31.0. The Balaban J connectivity index is 3.87. The molecule has 0 spiro atoms. The number of aliphatic hydroxyl groups excluding tert-OH is 3. The lowest BCUT2D eigenvalue weighted by molar-refractivity contribution is 0.103. The van der Waals surface area contributed by atoms with E-state index in [9.17, 15) is 5.11 Å². The Kier molecular flexibility index (Phi) is 9.66. The van der Waals surface area contributed by atoms with Crippen molar-refractivity contribution in [3.8, 4) is 0 Å². The Bertz CT molecular complexity index is 139. The minimum absolute atomic E-state index is 0.163. The van der Waals surface area contributed by atoms with Crippen LogP contribution in [-0.2, 0) is 0 Å². The molecular formula is C10H24NO3P. The van der Waals surface area contributed by atoms with Crippen LogP contribution in [0.2, 0.25) is 0 Å². The van der Waals surface area contributed by atoms with Gasteiger partial charge in [0.25, 0.3) is 0 Å². The van der Waals surface area contributed by atoms with Gasteiger partial charge in [-0.15, -0.1) is 9.24 Å². The van der Waals surface area contributed by atoms with Gasteiger partial charge in [-0.25, -0.2) is 0 Å². The standard InChI is InChI=1S/C10H24NO3P/c1-9(15)10(14)8-11(4-2-6-12)5-3-7-13/h9-10,12-14H,2-8,15H2,1H3. The van der Waals surface area contributed by atoms with Gasteiger partial charge in [-0.3, -0.25) is 0 Å². The third kappa shape index (κ3) is 8.12. The lowest BCUT2D eigenvalue weighted by Gasteiger charge is -2.26. The molecule has 4 nitrogen and oxygen atoms in total. The van der Waals surface area contributed by atoms with Crippen molar-refractivity contribution >= 4 is 9.24 Å². The number of nitrogens with zero attached hydrogens (tertiary/aromatic N) is 1. The third-order valence-electron chi connectivity index (χ3n) is 2.32. The van der Waals surface area contributed by atoms with Gasteiger partial charge in [0, 0.05) is 32.8 Å². The van der Waals surface area contributed by atoms with Crippen molar-refractivity contribution in [3.05, 3.63) is 0 Å². The molecule has 92 valence electrons. The summed E-state index contributed by atoms with van der Waals surface area (Å²) >= 11 is 0. The van der Waals surface area contributed by atoms with E-state index < -0.39 is 0 Å². The first-order chi connectivity index (χ1) is 7.11. The summed E-state index contributed by atoms with van der Waals surface area (Å²) in [5, 5.41) is 27.2. The van der Waals surface area contributed by atoms with E-state index in [2.05, 4.69) is 14.1 Å². The Labute approximate surface area is 94.5 Å². The van der Waals surface area contributed by atoms with Crippen LogP contribution in [0.15, 0.2) is 0 Å². The summed E-state index contributed by atoms with van der Waals surface area (Å²) < 4.78 is 0. The molecular weight excluding hydrogens is 213 g/mol. The summed E-state index contributed by atoms with van der Waals surface area (Å²) in [6.07, 6.45) is 1.06. The highest BCUT2D eigenvalue weighted by Gasteiger charge is 2.14. The molecule has 0 radical (unpaired) electrons. The maximum Gasteiger partial charge on any atom is 0.0726 e. The summed E-state index contributed by atoms with van der Waals surface area (Å²) in [5.41, 5.74) is 0.163. The molecule has 0 saturated heterocycles. The summed E-state index contributed by atoms with van der Waals surface area (Å²) in [7, 11) is 2.58. The third-order valence-corrected chi connectivity index (χ3v) is 2.76. The lowest BCUT2D eigenvalue weighted by atomic mass is 10.2. The predicted octanol–water partition coefficient (Wildman–Crippen LogP) is -0.322. The largest absolute Gasteiger partial charge is 0.396 e. The fraction of sp³-hybridized carbons (Fsp3) is 1.00. The Morgan fingerprint density at radius 3 is 1.93 bits per heavy atom. The maximum absolute atomic E-state index is 9.71. The van der Waals surface area contributed by atoms with E-state index in [0.29, 0.717) is 19.4 Å². The van der Waals surface area contributed by atoms with Gasteiger partial charge in [-0.1, -0.05) is 6.92 Å². The molecule has 0 aliphatic carbocycles. The fourth-order valence-electron chi connectivity index (χ4n) is 1.31. The van der Waals surface area contributed by atoms with Crippen molar-refractivity contribution in [2.45, 2.75) is 31.5 Å². The van der Waals surface area contributed by atoms with E-state index in [1.54, 1.807) is 0 Å². The van der Waals surface area contributed by atoms with E-state index in [0.717, 1.165) is 13.1 Å². The number of hydrogen-bond donors (Lipinski definition) is 3. The minimum Gasteiger partial charge on any atom is -0.396 e. The summed E-state index contributed by atoms with van der Waals surface area (Å²) in [5.74, 6) is 0. The van der Waals surface area contributed by atoms with Crippen molar-refractivity contribution in [3.63, 3.8) is 0 Å².